The number of nitrogens with zero attached hydrogens (tertiary/aromatic N) is 2. The van der Waals surface area contributed by atoms with Crippen LogP contribution in [-0.4, -0.2) is 17.6 Å². The average molecular weight is 260 g/mol. The van der Waals surface area contributed by atoms with Crippen molar-refractivity contribution in [2.24, 2.45) is 5.92 Å². The molecule has 2 heteroatoms. The van der Waals surface area contributed by atoms with E-state index in [1.54, 1.807) is 0 Å². The van der Waals surface area contributed by atoms with Crippen LogP contribution in [0, 0.1) is 12.8 Å². The van der Waals surface area contributed by atoms with Crippen molar-refractivity contribution in [1.82, 2.24) is 4.98 Å². The van der Waals surface area contributed by atoms with E-state index in [0.29, 0.717) is 23.8 Å². The molecule has 1 aliphatic heterocycles. The highest BCUT2D eigenvalue weighted by Crippen LogP contribution is 2.42. The molecule has 0 spiro atoms. The molecule has 2 rings (SSSR count). The minimum absolute atomic E-state index is 0.538. The Kier molecular flexibility index (Phi) is 3.89. The first-order valence-electron chi connectivity index (χ1n) is 7.61. The van der Waals surface area contributed by atoms with Gasteiger partial charge in [-0.25, -0.2) is 0 Å². The summed E-state index contributed by atoms with van der Waals surface area (Å²) < 4.78 is 0. The van der Waals surface area contributed by atoms with Crippen molar-refractivity contribution < 1.29 is 0 Å². The van der Waals surface area contributed by atoms with E-state index in [1.165, 1.54) is 16.9 Å². The second kappa shape index (κ2) is 5.15. The van der Waals surface area contributed by atoms with Crippen molar-refractivity contribution in [2.75, 3.05) is 11.4 Å². The number of fused-ring (bicyclic) bond motifs is 1. The zero-order valence-electron chi connectivity index (χ0n) is 13.5. The van der Waals surface area contributed by atoms with Crippen LogP contribution < -0.4 is 4.90 Å². The van der Waals surface area contributed by atoms with E-state index >= 15 is 0 Å². The first-order chi connectivity index (χ1) is 8.82. The van der Waals surface area contributed by atoms with Crippen molar-refractivity contribution in [2.45, 2.75) is 66.3 Å². The summed E-state index contributed by atoms with van der Waals surface area (Å²) >= 11 is 0. The summed E-state index contributed by atoms with van der Waals surface area (Å²) in [5.74, 6) is 1.78. The summed E-state index contributed by atoms with van der Waals surface area (Å²) in [6.45, 7) is 17.1. The predicted molar refractivity (Wildman–Crippen MR) is 83.1 cm³/mol. The summed E-state index contributed by atoms with van der Waals surface area (Å²) in [5.41, 5.74) is 5.36. The number of aromatic nitrogens is 1. The van der Waals surface area contributed by atoms with Gasteiger partial charge in [-0.15, -0.1) is 0 Å². The zero-order valence-corrected chi connectivity index (χ0v) is 13.5. The second-order valence-corrected chi connectivity index (χ2v) is 6.75. The molecule has 1 aliphatic rings. The van der Waals surface area contributed by atoms with Crippen LogP contribution in [0.3, 0.4) is 0 Å². The quantitative estimate of drug-likeness (QED) is 0.779. The third-order valence-electron chi connectivity index (χ3n) is 4.48. The Morgan fingerprint density at radius 1 is 1.21 bits per heavy atom. The monoisotopic (exact) mass is 260 g/mol. The van der Waals surface area contributed by atoms with Gasteiger partial charge < -0.3 is 4.90 Å². The van der Waals surface area contributed by atoms with Crippen LogP contribution in [0.5, 0.6) is 0 Å². The molecular formula is C17H28N2. The minimum atomic E-state index is 0.538. The maximum atomic E-state index is 4.88. The molecule has 2 heterocycles. The number of aryl methyl sites for hydroxylation is 1. The Morgan fingerprint density at radius 3 is 2.37 bits per heavy atom. The van der Waals surface area contributed by atoms with Crippen LogP contribution in [0.2, 0.25) is 0 Å². The molecule has 106 valence electrons. The first-order valence-corrected chi connectivity index (χ1v) is 7.61. The maximum absolute atomic E-state index is 4.88. The number of pyridine rings is 1. The highest BCUT2D eigenvalue weighted by Gasteiger charge is 2.33. The molecular weight excluding hydrogens is 232 g/mol. The molecule has 0 fully saturated rings. The van der Waals surface area contributed by atoms with E-state index in [2.05, 4.69) is 59.4 Å². The smallest absolute Gasteiger partial charge is 0.0674 e. The minimum Gasteiger partial charge on any atom is -0.367 e. The molecule has 1 aromatic heterocycles. The third kappa shape index (κ3) is 2.50. The predicted octanol–water partition coefficient (Wildman–Crippen LogP) is 4.48. The van der Waals surface area contributed by atoms with Gasteiger partial charge in [0.05, 0.1) is 11.4 Å². The SMILES string of the molecule is Cc1cc(C(C)C)c2c(n1)[C@H](C)[C@H](C)CN2C(C)C. The van der Waals surface area contributed by atoms with Crippen LogP contribution in [0.25, 0.3) is 0 Å². The van der Waals surface area contributed by atoms with Crippen molar-refractivity contribution in [3.63, 3.8) is 0 Å². The van der Waals surface area contributed by atoms with Crippen molar-refractivity contribution in [3.05, 3.63) is 23.0 Å². The van der Waals surface area contributed by atoms with Crippen LogP contribution >= 0.6 is 0 Å². The molecule has 2 atom stereocenters. The molecule has 19 heavy (non-hydrogen) atoms. The molecule has 0 unspecified atom stereocenters. The molecule has 0 aromatic carbocycles. The van der Waals surface area contributed by atoms with E-state index in [1.807, 2.05) is 0 Å². The first kappa shape index (κ1) is 14.4. The lowest BCUT2D eigenvalue weighted by molar-refractivity contribution is 0.429. The molecule has 0 saturated carbocycles. The highest BCUT2D eigenvalue weighted by molar-refractivity contribution is 5.62. The topological polar surface area (TPSA) is 16.1 Å². The van der Waals surface area contributed by atoms with E-state index in [4.69, 9.17) is 4.98 Å². The molecule has 1 aromatic rings. The Balaban J connectivity index is 2.66. The fourth-order valence-electron chi connectivity index (χ4n) is 3.09. The number of rotatable bonds is 2. The molecule has 0 amide bonds. The molecule has 0 saturated heterocycles. The van der Waals surface area contributed by atoms with Crippen molar-refractivity contribution in [3.8, 4) is 0 Å². The van der Waals surface area contributed by atoms with Gasteiger partial charge in [-0.1, -0.05) is 27.7 Å². The molecule has 2 nitrogen and oxygen atoms in total. The Morgan fingerprint density at radius 2 is 1.84 bits per heavy atom. The molecule has 0 aliphatic carbocycles. The summed E-state index contributed by atoms with van der Waals surface area (Å²) in [6.07, 6.45) is 0. The summed E-state index contributed by atoms with van der Waals surface area (Å²) in [4.78, 5) is 7.44. The van der Waals surface area contributed by atoms with Gasteiger partial charge in [-0.2, -0.15) is 0 Å². The third-order valence-corrected chi connectivity index (χ3v) is 4.48. The van der Waals surface area contributed by atoms with Gasteiger partial charge in [0.25, 0.3) is 0 Å². The van der Waals surface area contributed by atoms with Crippen molar-refractivity contribution in [1.29, 1.82) is 0 Å². The van der Waals surface area contributed by atoms with Crippen molar-refractivity contribution >= 4 is 5.69 Å². The van der Waals surface area contributed by atoms with Gasteiger partial charge in [0.15, 0.2) is 0 Å². The van der Waals surface area contributed by atoms with Gasteiger partial charge in [0, 0.05) is 24.2 Å². The highest BCUT2D eigenvalue weighted by atomic mass is 15.2. The van der Waals surface area contributed by atoms with E-state index in [0.717, 1.165) is 12.2 Å². The largest absolute Gasteiger partial charge is 0.367 e. The van der Waals surface area contributed by atoms with Crippen LogP contribution in [-0.2, 0) is 0 Å². The van der Waals surface area contributed by atoms with Crippen LogP contribution in [0.4, 0.5) is 5.69 Å². The standard InChI is InChI=1S/C17H28N2/c1-10(2)15-8-13(6)18-16-14(7)12(5)9-19(11(3)4)17(15)16/h8,10-12,14H,9H2,1-7H3/t12-,14-/m1/s1. The fourth-order valence-corrected chi connectivity index (χ4v) is 3.09. The lowest BCUT2D eigenvalue weighted by atomic mass is 9.83. The number of hydrogen-bond donors (Lipinski definition) is 0. The summed E-state index contributed by atoms with van der Waals surface area (Å²) in [5, 5.41) is 0. The normalized spacial score (nSPS) is 23.1. The van der Waals surface area contributed by atoms with E-state index < -0.39 is 0 Å². The number of hydrogen-bond acceptors (Lipinski definition) is 2. The Labute approximate surface area is 118 Å². The molecule has 0 N–H and O–H groups in total. The Hall–Kier alpha value is -1.05. The van der Waals surface area contributed by atoms with E-state index in [-0.39, 0.29) is 0 Å². The van der Waals surface area contributed by atoms with Gasteiger partial charge in [-0.3, -0.25) is 4.98 Å². The average Bonchev–Trinajstić information content (AvgIpc) is 2.32. The molecule has 0 radical (unpaired) electrons. The second-order valence-electron chi connectivity index (χ2n) is 6.75. The zero-order chi connectivity index (χ0) is 14.3. The van der Waals surface area contributed by atoms with Gasteiger partial charge >= 0.3 is 0 Å². The van der Waals surface area contributed by atoms with Gasteiger partial charge in [0.2, 0.25) is 0 Å². The summed E-state index contributed by atoms with van der Waals surface area (Å²) in [6, 6.07) is 2.82. The molecule has 0 bridgehead atoms. The van der Waals surface area contributed by atoms with Gasteiger partial charge in [-0.05, 0) is 44.2 Å². The van der Waals surface area contributed by atoms with Crippen LogP contribution in [0.1, 0.15) is 70.3 Å². The van der Waals surface area contributed by atoms with Gasteiger partial charge in [0.1, 0.15) is 0 Å². The maximum Gasteiger partial charge on any atom is 0.0674 e. The Bertz CT molecular complexity index is 463. The number of anilines is 1. The fraction of sp³-hybridized carbons (Fsp3) is 0.706. The summed E-state index contributed by atoms with van der Waals surface area (Å²) in [7, 11) is 0. The lowest BCUT2D eigenvalue weighted by Gasteiger charge is -2.42. The lowest BCUT2D eigenvalue weighted by Crippen LogP contribution is -2.41. The van der Waals surface area contributed by atoms with Crippen LogP contribution in [0.15, 0.2) is 6.07 Å². The van der Waals surface area contributed by atoms with E-state index in [9.17, 15) is 0 Å².